The molecule has 0 aliphatic carbocycles. The third kappa shape index (κ3) is 18.2. The number of aromatic amines is 2. The number of aromatic nitrogens is 15. The Bertz CT molecular complexity index is 5730. The number of nitrogens with zero attached hydrogens (tertiary/aromatic N) is 19. The summed E-state index contributed by atoms with van der Waals surface area (Å²) in [5, 5.41) is 34.7. The van der Waals surface area contributed by atoms with Crippen LogP contribution < -0.4 is 0 Å². The Hall–Kier alpha value is -12.7. The second kappa shape index (κ2) is 31.7. The molecule has 28 nitrogen and oxygen atoms in total. The molecule has 122 heavy (non-hydrogen) atoms. The first-order valence-corrected chi connectivity index (χ1v) is 39.1. The molecule has 0 spiro atoms. The lowest BCUT2D eigenvalue weighted by Crippen LogP contribution is -2.62. The maximum atomic E-state index is 13.8. The summed E-state index contributed by atoms with van der Waals surface area (Å²) in [5.74, 6) is -1.48. The number of carbonyl (C=O) groups excluding carboxylic acids is 6. The van der Waals surface area contributed by atoms with E-state index in [9.17, 15) is 68.3 Å². The number of H-pyrrole nitrogens is 2. The molecular formula is C85H92F9N21O7. The summed E-state index contributed by atoms with van der Waals surface area (Å²) < 4.78 is 128. The highest BCUT2D eigenvalue weighted by Crippen LogP contribution is 2.39. The number of aryl methyl sites for hydroxylation is 2. The van der Waals surface area contributed by atoms with E-state index in [1.54, 1.807) is 66.9 Å². The van der Waals surface area contributed by atoms with Crippen LogP contribution in [0.3, 0.4) is 0 Å². The largest absolute Gasteiger partial charge is 0.417 e. The van der Waals surface area contributed by atoms with E-state index < -0.39 is 74.0 Å². The summed E-state index contributed by atoms with van der Waals surface area (Å²) in [5.41, 5.74) is 3.35. The molecule has 3 aliphatic heterocycles. The van der Waals surface area contributed by atoms with Gasteiger partial charge in [0.1, 0.15) is 28.5 Å². The van der Waals surface area contributed by atoms with Crippen molar-refractivity contribution in [2.75, 3.05) is 58.9 Å². The summed E-state index contributed by atoms with van der Waals surface area (Å²) in [6.45, 7) is 35.4. The second-order valence-electron chi connectivity index (χ2n) is 35.5. The minimum absolute atomic E-state index is 0.0944. The smallest absolute Gasteiger partial charge is 0.416 e. The molecule has 0 saturated carbocycles. The molecule has 0 unspecified atom stereocenters. The highest BCUT2D eigenvalue weighted by Gasteiger charge is 2.45. The average Bonchev–Trinajstić information content (AvgIpc) is 1.61. The van der Waals surface area contributed by atoms with E-state index >= 15 is 0 Å². The van der Waals surface area contributed by atoms with E-state index in [0.29, 0.717) is 101 Å². The van der Waals surface area contributed by atoms with Gasteiger partial charge in [0.05, 0.1) is 69.0 Å². The predicted octanol–water partition coefficient (Wildman–Crippen LogP) is 14.7. The van der Waals surface area contributed by atoms with Crippen LogP contribution in [0.25, 0.3) is 50.7 Å². The molecule has 15 rings (SSSR count). The molecule has 3 aliphatic rings. The Morgan fingerprint density at radius 2 is 0.721 bits per heavy atom. The number of amides is 6. The molecule has 3 saturated heterocycles. The fourth-order valence-corrected chi connectivity index (χ4v) is 15.1. The molecule has 642 valence electrons. The van der Waals surface area contributed by atoms with E-state index in [1.807, 2.05) is 123 Å². The van der Waals surface area contributed by atoms with Crippen LogP contribution in [0.5, 0.6) is 0 Å². The van der Waals surface area contributed by atoms with Gasteiger partial charge in [0.25, 0.3) is 29.5 Å². The van der Waals surface area contributed by atoms with Crippen molar-refractivity contribution < 1.29 is 72.7 Å². The zero-order valence-corrected chi connectivity index (χ0v) is 70.2. The lowest BCUT2D eigenvalue weighted by atomic mass is 9.87. The van der Waals surface area contributed by atoms with Crippen molar-refractivity contribution in [3.63, 3.8) is 0 Å². The first kappa shape index (κ1) is 87.1. The molecule has 0 bridgehead atoms. The van der Waals surface area contributed by atoms with Crippen LogP contribution >= 0.6 is 0 Å². The summed E-state index contributed by atoms with van der Waals surface area (Å²) >= 11 is 0. The topological polar surface area (TPSA) is 309 Å². The molecule has 37 heteroatoms. The molecule has 3 fully saturated rings. The number of hydrogen-bond acceptors (Lipinski definition) is 17. The Morgan fingerprint density at radius 3 is 0.992 bits per heavy atom. The highest BCUT2D eigenvalue weighted by atomic mass is 19.4. The summed E-state index contributed by atoms with van der Waals surface area (Å²) in [4.78, 5) is 104. The Kier molecular flexibility index (Phi) is 22.6. The SMILES string of the molecule is CC(C)(C)c1cc(-c2ccc(C(F)(F)F)cc2)nn2cc(C(=O)N3CCN(C(=O)c4ccn[nH]4)CC3(C)C)nc12.Cc1cc(C(=O)N2CCN(C(=O)c3cn4nc(-c5ccc(C(F)(F)F)cc5)cc(C(C)(C)C)c4n3)C(C)(C)C2)n[nH]1.Cc1nnc(C(=O)N2CCN(C(=O)c3cn4nc(-c5ccc(C(F)(F)F)cc5)cc(C(C)(C)C)c4n3)C(C)(C)C2)o1. The van der Waals surface area contributed by atoms with Gasteiger partial charge in [-0.15, -0.1) is 10.2 Å². The molecule has 0 radical (unpaired) electrons. The second-order valence-corrected chi connectivity index (χ2v) is 35.5. The standard InChI is InChI=1S/C29H32F3N7O2.C28H30F3N7O3.C28H30F3N7O2/c1-17-13-22(35-34-17)25(40)37-11-12-38(28(5,6)16-37)26(41)23-15-39-24(33-23)20(27(2,3)4)14-21(36-39)18-7-9-19(10-8-18)29(30,31)32;1-16-33-34-23(41-16)25(40)36-11-12-37(27(5,6)15-36)24(39)21-14-38-22(32-21)19(26(2,3)4)13-20(35-38)17-7-9-18(10-8-17)28(29,30)31;1-26(2,3)19-14-21(17-6-8-18(9-7-17)28(29,30)31)35-38-15-22(33-23(19)38)25(40)37-13-12-36(16-27(37,4)5)24(39)20-10-11-32-34-20/h7-10,13-15H,11-12,16H2,1-6H3,(H,34,35);7-10,13-14H,11-12,15H2,1-6H3;6-11,14-15H,12-13,16H2,1-5H3,(H,32,34). The van der Waals surface area contributed by atoms with Gasteiger partial charge in [-0.2, -0.15) is 65.0 Å². The van der Waals surface area contributed by atoms with Crippen molar-refractivity contribution in [1.29, 1.82) is 0 Å². The van der Waals surface area contributed by atoms with E-state index in [2.05, 4.69) is 60.8 Å². The zero-order valence-electron chi connectivity index (χ0n) is 70.2. The summed E-state index contributed by atoms with van der Waals surface area (Å²) in [6.07, 6.45) is -7.14. The molecule has 6 amide bonds. The number of alkyl halides is 9. The fraction of sp³-hybridized carbons (Fsp3) is 0.412. The number of hydrogen-bond donors (Lipinski definition) is 2. The molecule has 12 heterocycles. The molecule has 12 aromatic rings. The number of fused-ring (bicyclic) bond motifs is 3. The number of nitrogens with one attached hydrogen (secondary N) is 2. The maximum absolute atomic E-state index is 13.8. The van der Waals surface area contributed by atoms with Gasteiger partial charge in [0.2, 0.25) is 5.89 Å². The van der Waals surface area contributed by atoms with Gasteiger partial charge in [-0.05, 0) is 131 Å². The van der Waals surface area contributed by atoms with Crippen LogP contribution in [-0.2, 0) is 34.8 Å². The number of benzene rings is 3. The quantitative estimate of drug-likeness (QED) is 0.127. The van der Waals surface area contributed by atoms with Crippen LogP contribution in [0.4, 0.5) is 39.5 Å². The maximum Gasteiger partial charge on any atom is 0.416 e. The van der Waals surface area contributed by atoms with Crippen molar-refractivity contribution in [2.45, 2.75) is 169 Å². The van der Waals surface area contributed by atoms with Crippen molar-refractivity contribution in [1.82, 2.24) is 104 Å². The van der Waals surface area contributed by atoms with Gasteiger partial charge in [-0.25, -0.2) is 28.5 Å². The Balaban J connectivity index is 0.000000158. The van der Waals surface area contributed by atoms with Crippen LogP contribution in [0.2, 0.25) is 0 Å². The summed E-state index contributed by atoms with van der Waals surface area (Å²) in [6, 6.07) is 23.2. The van der Waals surface area contributed by atoms with Crippen LogP contribution in [-0.4, -0.2) is 215 Å². The lowest BCUT2D eigenvalue weighted by molar-refractivity contribution is -0.138. The van der Waals surface area contributed by atoms with Crippen molar-refractivity contribution >= 4 is 52.4 Å². The van der Waals surface area contributed by atoms with Gasteiger partial charge in [-0.3, -0.25) is 39.0 Å². The number of carbonyl (C=O) groups is 6. The van der Waals surface area contributed by atoms with E-state index in [1.165, 1.54) is 62.3 Å². The van der Waals surface area contributed by atoms with E-state index in [0.717, 1.165) is 58.8 Å². The minimum atomic E-state index is -4.44. The average molecular weight is 1690 g/mol. The third-order valence-electron chi connectivity index (χ3n) is 21.5. The Morgan fingerprint density at radius 1 is 0.393 bits per heavy atom. The third-order valence-corrected chi connectivity index (χ3v) is 21.5. The summed E-state index contributed by atoms with van der Waals surface area (Å²) in [7, 11) is 0. The van der Waals surface area contributed by atoms with Crippen LogP contribution in [0.1, 0.15) is 212 Å². The first-order valence-electron chi connectivity index (χ1n) is 39.1. The molecule has 3 aromatic carbocycles. The number of rotatable bonds is 9. The molecular weight excluding hydrogens is 1600 g/mol. The molecule has 2 N–H and O–H groups in total. The highest BCUT2D eigenvalue weighted by molar-refractivity contribution is 5.97. The number of halogens is 9. The van der Waals surface area contributed by atoms with Gasteiger partial charge < -0.3 is 33.8 Å². The lowest BCUT2D eigenvalue weighted by Gasteiger charge is -2.46. The monoisotopic (exact) mass is 1690 g/mol. The molecule has 9 aromatic heterocycles. The zero-order chi connectivity index (χ0) is 88.8. The fourth-order valence-electron chi connectivity index (χ4n) is 15.1. The van der Waals surface area contributed by atoms with Gasteiger partial charge >= 0.3 is 30.3 Å². The van der Waals surface area contributed by atoms with E-state index in [4.69, 9.17) is 4.42 Å². The van der Waals surface area contributed by atoms with Gasteiger partial charge in [0, 0.05) is 111 Å². The van der Waals surface area contributed by atoms with Crippen LogP contribution in [0.15, 0.2) is 132 Å². The van der Waals surface area contributed by atoms with Gasteiger partial charge in [-0.1, -0.05) is 98.7 Å². The van der Waals surface area contributed by atoms with Crippen molar-refractivity contribution in [3.8, 4) is 33.8 Å². The normalized spacial score (nSPS) is 16.0. The van der Waals surface area contributed by atoms with Crippen molar-refractivity contribution in [2.24, 2.45) is 0 Å². The van der Waals surface area contributed by atoms with E-state index in [-0.39, 0.29) is 78.0 Å². The Labute approximate surface area is 694 Å². The van der Waals surface area contributed by atoms with Crippen LogP contribution in [0, 0.1) is 13.8 Å². The van der Waals surface area contributed by atoms with Gasteiger partial charge in [0.15, 0.2) is 16.9 Å². The first-order chi connectivity index (χ1) is 56.7. The number of imidazole rings is 3. The van der Waals surface area contributed by atoms with Crippen molar-refractivity contribution in [3.05, 3.63) is 207 Å². The minimum Gasteiger partial charge on any atom is -0.417 e. The molecule has 0 atom stereocenters. The predicted molar refractivity (Wildman–Crippen MR) is 430 cm³/mol. The number of piperazine rings is 3.